The lowest BCUT2D eigenvalue weighted by molar-refractivity contribution is -0.138. The van der Waals surface area contributed by atoms with Crippen LogP contribution in [0.2, 0.25) is 0 Å². The van der Waals surface area contributed by atoms with Gasteiger partial charge in [-0.1, -0.05) is 18.2 Å². The maximum Gasteiger partial charge on any atom is 0.229 e. The van der Waals surface area contributed by atoms with Crippen molar-refractivity contribution in [1.82, 2.24) is 10.2 Å². The highest BCUT2D eigenvalue weighted by Crippen LogP contribution is 2.13. The van der Waals surface area contributed by atoms with Crippen LogP contribution in [0.3, 0.4) is 0 Å². The summed E-state index contributed by atoms with van der Waals surface area (Å²) in [6.45, 7) is 0.837. The molecule has 126 valence electrons. The number of hydrogen-bond donors (Lipinski definition) is 2. The Morgan fingerprint density at radius 1 is 1.17 bits per heavy atom. The van der Waals surface area contributed by atoms with Gasteiger partial charge in [-0.2, -0.15) is 0 Å². The molecule has 1 aliphatic heterocycles. The first-order valence-corrected chi connectivity index (χ1v) is 7.51. The summed E-state index contributed by atoms with van der Waals surface area (Å²) >= 11 is 0. The van der Waals surface area contributed by atoms with E-state index >= 15 is 0 Å². The van der Waals surface area contributed by atoms with E-state index in [4.69, 9.17) is 5.73 Å². The summed E-state index contributed by atoms with van der Waals surface area (Å²) < 4.78 is 0. The molecule has 7 heteroatoms. The van der Waals surface area contributed by atoms with E-state index in [0.717, 1.165) is 5.56 Å². The fourth-order valence-electron chi connectivity index (χ4n) is 2.44. The van der Waals surface area contributed by atoms with Gasteiger partial charge < -0.3 is 11.1 Å². The quantitative estimate of drug-likeness (QED) is 0.444. The number of nitrogens with two attached hydrogens (primary N) is 1. The zero-order valence-electron chi connectivity index (χ0n) is 12.9. The SMILES string of the molecule is Cl.Nc1ccccc1CCC(=O)NCCCN1C(=O)CCC1=O. The molecule has 23 heavy (non-hydrogen) atoms. The van der Waals surface area contributed by atoms with Crippen LogP contribution in [0.5, 0.6) is 0 Å². The Balaban J connectivity index is 0.00000264. The number of aryl methyl sites for hydroxylation is 1. The van der Waals surface area contributed by atoms with Gasteiger partial charge in [-0.3, -0.25) is 19.3 Å². The van der Waals surface area contributed by atoms with E-state index in [2.05, 4.69) is 5.32 Å². The van der Waals surface area contributed by atoms with Gasteiger partial charge in [0.1, 0.15) is 0 Å². The third-order valence-electron chi connectivity index (χ3n) is 3.71. The van der Waals surface area contributed by atoms with Crippen LogP contribution in [-0.2, 0) is 20.8 Å². The van der Waals surface area contributed by atoms with E-state index in [1.165, 1.54) is 4.90 Å². The molecular formula is C16H22ClN3O3. The molecule has 0 radical (unpaired) electrons. The molecule has 3 N–H and O–H groups in total. The summed E-state index contributed by atoms with van der Waals surface area (Å²) in [6, 6.07) is 7.48. The number of para-hydroxylation sites is 1. The number of halogens is 1. The number of amides is 3. The predicted molar refractivity (Wildman–Crippen MR) is 90.0 cm³/mol. The van der Waals surface area contributed by atoms with Crippen LogP contribution in [0.4, 0.5) is 5.69 Å². The topological polar surface area (TPSA) is 92.5 Å². The van der Waals surface area contributed by atoms with E-state index in [-0.39, 0.29) is 30.1 Å². The number of carbonyl (C=O) groups excluding carboxylic acids is 3. The Bertz CT molecular complexity index is 561. The Hall–Kier alpha value is -2.08. The lowest BCUT2D eigenvalue weighted by atomic mass is 10.1. The molecule has 1 heterocycles. The van der Waals surface area contributed by atoms with E-state index < -0.39 is 0 Å². The van der Waals surface area contributed by atoms with Crippen LogP contribution in [0, 0.1) is 0 Å². The van der Waals surface area contributed by atoms with Crippen LogP contribution < -0.4 is 11.1 Å². The molecule has 0 atom stereocenters. The number of rotatable bonds is 7. The van der Waals surface area contributed by atoms with Crippen LogP contribution in [0.1, 0.15) is 31.2 Å². The first-order valence-electron chi connectivity index (χ1n) is 7.51. The molecule has 0 aromatic heterocycles. The monoisotopic (exact) mass is 339 g/mol. The molecule has 0 spiro atoms. The Morgan fingerprint density at radius 3 is 2.48 bits per heavy atom. The van der Waals surface area contributed by atoms with Crippen molar-refractivity contribution in [3.63, 3.8) is 0 Å². The second-order valence-electron chi connectivity index (χ2n) is 5.34. The number of hydrogen-bond acceptors (Lipinski definition) is 4. The number of nitrogens with one attached hydrogen (secondary N) is 1. The molecule has 2 rings (SSSR count). The van der Waals surface area contributed by atoms with Gasteiger partial charge in [0.25, 0.3) is 0 Å². The number of likely N-dealkylation sites (tertiary alicyclic amines) is 1. The smallest absolute Gasteiger partial charge is 0.229 e. The lowest BCUT2D eigenvalue weighted by Crippen LogP contribution is -2.33. The highest BCUT2D eigenvalue weighted by atomic mass is 35.5. The molecule has 0 aliphatic carbocycles. The summed E-state index contributed by atoms with van der Waals surface area (Å²) in [6.07, 6.45) is 2.17. The average Bonchev–Trinajstić information content (AvgIpc) is 2.82. The van der Waals surface area contributed by atoms with Crippen LogP contribution in [-0.4, -0.2) is 35.7 Å². The van der Waals surface area contributed by atoms with E-state index in [1.54, 1.807) is 0 Å². The summed E-state index contributed by atoms with van der Waals surface area (Å²) in [4.78, 5) is 35.8. The number of anilines is 1. The van der Waals surface area contributed by atoms with Crippen molar-refractivity contribution in [2.75, 3.05) is 18.8 Å². The van der Waals surface area contributed by atoms with Gasteiger partial charge in [0, 0.05) is 38.0 Å². The lowest BCUT2D eigenvalue weighted by Gasteiger charge is -2.13. The molecular weight excluding hydrogens is 318 g/mol. The zero-order chi connectivity index (χ0) is 15.9. The van der Waals surface area contributed by atoms with E-state index in [0.29, 0.717) is 50.9 Å². The first-order chi connectivity index (χ1) is 10.6. The number of carbonyl (C=O) groups is 3. The van der Waals surface area contributed by atoms with Crippen molar-refractivity contribution < 1.29 is 14.4 Å². The van der Waals surface area contributed by atoms with E-state index in [1.807, 2.05) is 24.3 Å². The molecule has 1 fully saturated rings. The minimum absolute atomic E-state index is 0. The minimum atomic E-state index is -0.115. The highest BCUT2D eigenvalue weighted by Gasteiger charge is 2.27. The molecule has 1 aromatic rings. The summed E-state index contributed by atoms with van der Waals surface area (Å²) in [7, 11) is 0. The third kappa shape index (κ3) is 5.56. The van der Waals surface area contributed by atoms with E-state index in [9.17, 15) is 14.4 Å². The van der Waals surface area contributed by atoms with Crippen molar-refractivity contribution in [3.05, 3.63) is 29.8 Å². The van der Waals surface area contributed by atoms with Crippen molar-refractivity contribution in [2.24, 2.45) is 0 Å². The number of benzene rings is 1. The van der Waals surface area contributed by atoms with Gasteiger partial charge in [0.15, 0.2) is 0 Å². The molecule has 0 unspecified atom stereocenters. The average molecular weight is 340 g/mol. The molecule has 0 bridgehead atoms. The van der Waals surface area contributed by atoms with Gasteiger partial charge in [-0.25, -0.2) is 0 Å². The van der Waals surface area contributed by atoms with Crippen LogP contribution in [0.15, 0.2) is 24.3 Å². The summed E-state index contributed by atoms with van der Waals surface area (Å²) in [5.41, 5.74) is 7.48. The molecule has 1 saturated heterocycles. The zero-order valence-corrected chi connectivity index (χ0v) is 13.7. The van der Waals surface area contributed by atoms with Crippen molar-refractivity contribution in [2.45, 2.75) is 32.1 Å². The van der Waals surface area contributed by atoms with Gasteiger partial charge >= 0.3 is 0 Å². The van der Waals surface area contributed by atoms with Gasteiger partial charge in [-0.05, 0) is 24.5 Å². The van der Waals surface area contributed by atoms with Crippen LogP contribution in [0.25, 0.3) is 0 Å². The maximum absolute atomic E-state index is 11.8. The maximum atomic E-state index is 11.8. The van der Waals surface area contributed by atoms with Crippen LogP contribution >= 0.6 is 12.4 Å². The Morgan fingerprint density at radius 2 is 1.83 bits per heavy atom. The number of nitrogens with zero attached hydrogens (tertiary/aromatic N) is 1. The van der Waals surface area contributed by atoms with Crippen molar-refractivity contribution in [3.8, 4) is 0 Å². The number of nitrogen functional groups attached to an aromatic ring is 1. The normalized spacial score (nSPS) is 13.8. The molecule has 6 nitrogen and oxygen atoms in total. The molecule has 3 amide bonds. The second kappa shape index (κ2) is 9.15. The Labute approximate surface area is 141 Å². The second-order valence-corrected chi connectivity index (χ2v) is 5.34. The van der Waals surface area contributed by atoms with Crippen molar-refractivity contribution in [1.29, 1.82) is 0 Å². The highest BCUT2D eigenvalue weighted by molar-refractivity contribution is 6.01. The van der Waals surface area contributed by atoms with Gasteiger partial charge in [0.2, 0.25) is 17.7 Å². The van der Waals surface area contributed by atoms with Gasteiger partial charge in [-0.15, -0.1) is 12.4 Å². The standard InChI is InChI=1S/C16H21N3O3.ClH/c17-13-5-2-1-4-12(13)6-7-14(20)18-10-3-11-19-15(21)8-9-16(19)22;/h1-2,4-5H,3,6-11,17H2,(H,18,20);1H. The van der Waals surface area contributed by atoms with Crippen molar-refractivity contribution >= 4 is 35.8 Å². The number of imide groups is 1. The largest absolute Gasteiger partial charge is 0.399 e. The van der Waals surface area contributed by atoms with Gasteiger partial charge in [0.05, 0.1) is 0 Å². The summed E-state index contributed by atoms with van der Waals surface area (Å²) in [5, 5.41) is 2.80. The third-order valence-corrected chi connectivity index (χ3v) is 3.71. The Kier molecular flexibility index (Phi) is 7.54. The molecule has 1 aromatic carbocycles. The summed E-state index contributed by atoms with van der Waals surface area (Å²) in [5.74, 6) is -0.283. The molecule has 1 aliphatic rings. The first kappa shape index (κ1) is 19.0. The molecule has 0 saturated carbocycles. The minimum Gasteiger partial charge on any atom is -0.399 e. The fourth-order valence-corrected chi connectivity index (χ4v) is 2.44. The fraction of sp³-hybridized carbons (Fsp3) is 0.438. The predicted octanol–water partition coefficient (Wildman–Crippen LogP) is 1.28.